The first-order valence-corrected chi connectivity index (χ1v) is 8.17. The van der Waals surface area contributed by atoms with Gasteiger partial charge in [0, 0.05) is 31.6 Å². The molecule has 1 aromatic carbocycles. The van der Waals surface area contributed by atoms with Gasteiger partial charge in [-0.25, -0.2) is 4.98 Å². The van der Waals surface area contributed by atoms with Crippen molar-refractivity contribution in [3.63, 3.8) is 0 Å². The van der Waals surface area contributed by atoms with E-state index in [1.54, 1.807) is 4.90 Å². The van der Waals surface area contributed by atoms with Crippen molar-refractivity contribution in [3.05, 3.63) is 36.2 Å². The molecule has 1 fully saturated rings. The predicted octanol–water partition coefficient (Wildman–Crippen LogP) is 1.96. The molecule has 6 nitrogen and oxygen atoms in total. The average Bonchev–Trinajstić information content (AvgIpc) is 2.59. The number of benzene rings is 1. The number of piperazine rings is 1. The van der Waals surface area contributed by atoms with Gasteiger partial charge in [0.1, 0.15) is 5.69 Å². The van der Waals surface area contributed by atoms with Crippen LogP contribution in [-0.2, 0) is 4.79 Å². The standard InChI is InChI=1S/C18H22N4O2/c1-18(2,3)17(24)22-10-8-21(9-11-22)16(23)15-12-19-13-6-4-5-7-14(13)20-15/h4-7,12H,8-11H2,1-3H3. The maximum Gasteiger partial charge on any atom is 0.274 e. The maximum atomic E-state index is 12.6. The summed E-state index contributed by atoms with van der Waals surface area (Å²) < 4.78 is 0. The zero-order valence-corrected chi connectivity index (χ0v) is 14.3. The Morgan fingerprint density at radius 2 is 1.54 bits per heavy atom. The minimum absolute atomic E-state index is 0.125. The molecule has 3 rings (SSSR count). The highest BCUT2D eigenvalue weighted by Gasteiger charge is 2.31. The third-order valence-corrected chi connectivity index (χ3v) is 4.16. The Bertz CT molecular complexity index is 774. The molecular formula is C18H22N4O2. The monoisotopic (exact) mass is 326 g/mol. The van der Waals surface area contributed by atoms with Crippen LogP contribution in [0.15, 0.2) is 30.5 Å². The normalized spacial score (nSPS) is 15.6. The molecule has 0 radical (unpaired) electrons. The van der Waals surface area contributed by atoms with Crippen LogP contribution in [0.2, 0.25) is 0 Å². The quantitative estimate of drug-likeness (QED) is 0.803. The van der Waals surface area contributed by atoms with Crippen LogP contribution in [0, 0.1) is 5.41 Å². The first kappa shape index (κ1) is 16.4. The van der Waals surface area contributed by atoms with E-state index < -0.39 is 5.41 Å². The Hall–Kier alpha value is -2.50. The number of amides is 2. The van der Waals surface area contributed by atoms with Gasteiger partial charge in [-0.1, -0.05) is 32.9 Å². The van der Waals surface area contributed by atoms with Gasteiger partial charge < -0.3 is 9.80 Å². The van der Waals surface area contributed by atoms with E-state index in [0.29, 0.717) is 37.4 Å². The van der Waals surface area contributed by atoms with Gasteiger partial charge in [-0.3, -0.25) is 14.6 Å². The molecule has 2 amide bonds. The van der Waals surface area contributed by atoms with Crippen molar-refractivity contribution in [2.45, 2.75) is 20.8 Å². The molecule has 0 unspecified atom stereocenters. The van der Waals surface area contributed by atoms with Crippen LogP contribution in [0.3, 0.4) is 0 Å². The number of hydrogen-bond acceptors (Lipinski definition) is 4. The molecule has 1 aromatic heterocycles. The third kappa shape index (κ3) is 3.22. The molecule has 0 spiro atoms. The van der Waals surface area contributed by atoms with Crippen molar-refractivity contribution in [2.24, 2.45) is 5.41 Å². The van der Waals surface area contributed by atoms with Gasteiger partial charge in [0.25, 0.3) is 5.91 Å². The Kier molecular flexibility index (Phi) is 4.22. The average molecular weight is 326 g/mol. The van der Waals surface area contributed by atoms with E-state index in [-0.39, 0.29) is 11.8 Å². The van der Waals surface area contributed by atoms with Crippen LogP contribution in [0.4, 0.5) is 0 Å². The largest absolute Gasteiger partial charge is 0.339 e. The van der Waals surface area contributed by atoms with Crippen molar-refractivity contribution in [1.82, 2.24) is 19.8 Å². The molecule has 0 atom stereocenters. The van der Waals surface area contributed by atoms with Crippen LogP contribution < -0.4 is 0 Å². The Morgan fingerprint density at radius 3 is 2.17 bits per heavy atom. The van der Waals surface area contributed by atoms with E-state index in [0.717, 1.165) is 5.52 Å². The van der Waals surface area contributed by atoms with Crippen LogP contribution in [0.5, 0.6) is 0 Å². The number of nitrogens with zero attached hydrogens (tertiary/aromatic N) is 4. The molecule has 6 heteroatoms. The SMILES string of the molecule is CC(C)(C)C(=O)N1CCN(C(=O)c2cnc3ccccc3n2)CC1. The maximum absolute atomic E-state index is 12.6. The van der Waals surface area contributed by atoms with Crippen molar-refractivity contribution in [1.29, 1.82) is 0 Å². The van der Waals surface area contributed by atoms with Crippen molar-refractivity contribution < 1.29 is 9.59 Å². The van der Waals surface area contributed by atoms with Gasteiger partial charge in [0.2, 0.25) is 5.91 Å². The Labute approximate surface area is 141 Å². The lowest BCUT2D eigenvalue weighted by atomic mass is 9.94. The summed E-state index contributed by atoms with van der Waals surface area (Å²) in [6, 6.07) is 7.48. The number of hydrogen-bond donors (Lipinski definition) is 0. The summed E-state index contributed by atoms with van der Waals surface area (Å²) in [5.74, 6) is -0.00351. The minimum Gasteiger partial charge on any atom is -0.339 e. The predicted molar refractivity (Wildman–Crippen MR) is 91.5 cm³/mol. The van der Waals surface area contributed by atoms with E-state index >= 15 is 0 Å². The highest BCUT2D eigenvalue weighted by molar-refractivity contribution is 5.94. The Morgan fingerprint density at radius 1 is 0.958 bits per heavy atom. The fourth-order valence-corrected chi connectivity index (χ4v) is 2.81. The number of para-hydroxylation sites is 2. The lowest BCUT2D eigenvalue weighted by Gasteiger charge is -2.37. The smallest absolute Gasteiger partial charge is 0.274 e. The summed E-state index contributed by atoms with van der Waals surface area (Å²) in [7, 11) is 0. The number of fused-ring (bicyclic) bond motifs is 1. The second-order valence-corrected chi connectivity index (χ2v) is 7.08. The molecule has 1 saturated heterocycles. The fourth-order valence-electron chi connectivity index (χ4n) is 2.81. The van der Waals surface area contributed by atoms with Gasteiger partial charge >= 0.3 is 0 Å². The zero-order valence-electron chi connectivity index (χ0n) is 14.3. The second-order valence-electron chi connectivity index (χ2n) is 7.08. The molecule has 2 aromatic rings. The summed E-state index contributed by atoms with van der Waals surface area (Å²) >= 11 is 0. The molecule has 1 aliphatic rings. The lowest BCUT2D eigenvalue weighted by molar-refractivity contribution is -0.140. The van der Waals surface area contributed by atoms with E-state index in [4.69, 9.17) is 0 Å². The zero-order chi connectivity index (χ0) is 17.3. The van der Waals surface area contributed by atoms with Crippen molar-refractivity contribution in [2.75, 3.05) is 26.2 Å². The molecular weight excluding hydrogens is 304 g/mol. The van der Waals surface area contributed by atoms with Gasteiger partial charge in [-0.2, -0.15) is 0 Å². The minimum atomic E-state index is -0.393. The van der Waals surface area contributed by atoms with Gasteiger partial charge in [0.15, 0.2) is 0 Å². The van der Waals surface area contributed by atoms with E-state index in [1.165, 1.54) is 6.20 Å². The molecule has 0 N–H and O–H groups in total. The van der Waals surface area contributed by atoms with Crippen molar-refractivity contribution in [3.8, 4) is 0 Å². The highest BCUT2D eigenvalue weighted by Crippen LogP contribution is 2.19. The van der Waals surface area contributed by atoms with Gasteiger partial charge in [-0.15, -0.1) is 0 Å². The van der Waals surface area contributed by atoms with Gasteiger partial charge in [-0.05, 0) is 12.1 Å². The highest BCUT2D eigenvalue weighted by atomic mass is 16.2. The summed E-state index contributed by atoms with van der Waals surface area (Å²) in [5, 5.41) is 0. The van der Waals surface area contributed by atoms with Crippen LogP contribution in [0.1, 0.15) is 31.3 Å². The van der Waals surface area contributed by atoms with E-state index in [2.05, 4.69) is 9.97 Å². The van der Waals surface area contributed by atoms with E-state index in [9.17, 15) is 9.59 Å². The summed E-state index contributed by atoms with van der Waals surface area (Å²) in [6.45, 7) is 7.91. The molecule has 0 bridgehead atoms. The first-order chi connectivity index (χ1) is 11.4. The van der Waals surface area contributed by atoms with Crippen molar-refractivity contribution >= 4 is 22.8 Å². The van der Waals surface area contributed by atoms with E-state index in [1.807, 2.05) is 49.9 Å². The third-order valence-electron chi connectivity index (χ3n) is 4.16. The molecule has 24 heavy (non-hydrogen) atoms. The molecule has 1 aliphatic heterocycles. The molecule has 0 saturated carbocycles. The number of rotatable bonds is 1. The summed E-state index contributed by atoms with van der Waals surface area (Å²) in [5.41, 5.74) is 1.44. The topological polar surface area (TPSA) is 66.4 Å². The first-order valence-electron chi connectivity index (χ1n) is 8.17. The molecule has 0 aliphatic carbocycles. The molecule has 126 valence electrons. The number of aromatic nitrogens is 2. The summed E-state index contributed by atoms with van der Waals surface area (Å²) in [6.07, 6.45) is 1.53. The van der Waals surface area contributed by atoms with Gasteiger partial charge in [0.05, 0.1) is 17.2 Å². The van der Waals surface area contributed by atoms with Crippen LogP contribution >= 0.6 is 0 Å². The lowest BCUT2D eigenvalue weighted by Crippen LogP contribution is -2.53. The summed E-state index contributed by atoms with van der Waals surface area (Å²) in [4.78, 5) is 37.2. The molecule has 2 heterocycles. The van der Waals surface area contributed by atoms with Crippen LogP contribution in [0.25, 0.3) is 11.0 Å². The van der Waals surface area contributed by atoms with Crippen LogP contribution in [-0.4, -0.2) is 57.8 Å². The number of carbonyl (C=O) groups excluding carboxylic acids is 2. The fraction of sp³-hybridized carbons (Fsp3) is 0.444. The number of carbonyl (C=O) groups is 2. The second kappa shape index (κ2) is 6.19. The Balaban J connectivity index is 1.69.